The second-order valence-corrected chi connectivity index (χ2v) is 8.59. The molecule has 166 valence electrons. The monoisotopic (exact) mass is 542 g/mol. The highest BCUT2D eigenvalue weighted by Gasteiger charge is 2.24. The molecule has 8 heteroatoms. The molecule has 1 atom stereocenters. The highest BCUT2D eigenvalue weighted by Crippen LogP contribution is 2.24. The lowest BCUT2D eigenvalue weighted by Crippen LogP contribution is -2.49. The second-order valence-electron chi connectivity index (χ2n) is 7.75. The number of rotatable bonds is 7. The average Bonchev–Trinajstić information content (AvgIpc) is 3.22. The minimum absolute atomic E-state index is 0. The fourth-order valence-corrected chi connectivity index (χ4v) is 4.37. The summed E-state index contributed by atoms with van der Waals surface area (Å²) in [6.45, 7) is 8.08. The van der Waals surface area contributed by atoms with Crippen LogP contribution in [0.5, 0.6) is 0 Å². The third kappa shape index (κ3) is 7.09. The van der Waals surface area contributed by atoms with E-state index in [1.807, 2.05) is 19.0 Å². The van der Waals surface area contributed by atoms with Crippen molar-refractivity contribution in [2.75, 3.05) is 38.6 Å². The maximum atomic E-state index is 4.76. The first-order valence-electron chi connectivity index (χ1n) is 10.5. The van der Waals surface area contributed by atoms with Gasteiger partial charge in [0.05, 0.1) is 12.2 Å². The number of aliphatic imine (C=N–C) groups is 1. The molecule has 0 radical (unpaired) electrons. The zero-order valence-corrected chi connectivity index (χ0v) is 21.6. The van der Waals surface area contributed by atoms with Crippen molar-refractivity contribution in [3.8, 4) is 0 Å². The molecule has 1 saturated heterocycles. The summed E-state index contributed by atoms with van der Waals surface area (Å²) >= 11 is 1.66. The standard InChI is InChI=1S/C22H34N6S.HI/c1-5-23-21(24-15-20-16-29-22(26-20)27(3)4)25-19-11-13-28(14-12-19)17(2)18-9-7-6-8-10-18;/h6-10,16-17,19H,5,11-15H2,1-4H3,(H2,23,24,25);1H. The van der Waals surface area contributed by atoms with E-state index in [0.29, 0.717) is 18.6 Å². The number of hydrogen-bond donors (Lipinski definition) is 2. The van der Waals surface area contributed by atoms with Crippen LogP contribution < -0.4 is 15.5 Å². The Bertz CT molecular complexity index is 771. The third-order valence-corrected chi connectivity index (χ3v) is 6.42. The number of aromatic nitrogens is 1. The molecule has 30 heavy (non-hydrogen) atoms. The molecule has 1 unspecified atom stereocenters. The van der Waals surface area contributed by atoms with Crippen molar-refractivity contribution in [3.63, 3.8) is 0 Å². The first-order valence-corrected chi connectivity index (χ1v) is 11.4. The Hall–Kier alpha value is -1.39. The smallest absolute Gasteiger partial charge is 0.191 e. The van der Waals surface area contributed by atoms with Gasteiger partial charge in [0.25, 0.3) is 0 Å². The molecule has 1 fully saturated rings. The van der Waals surface area contributed by atoms with Crippen molar-refractivity contribution in [1.82, 2.24) is 20.5 Å². The summed E-state index contributed by atoms with van der Waals surface area (Å²) in [6.07, 6.45) is 2.26. The SMILES string of the molecule is CCNC(=NCc1csc(N(C)C)n1)NC1CCN(C(C)c2ccccc2)CC1.I. The van der Waals surface area contributed by atoms with Gasteiger partial charge in [-0.1, -0.05) is 30.3 Å². The van der Waals surface area contributed by atoms with E-state index in [1.165, 1.54) is 5.56 Å². The van der Waals surface area contributed by atoms with Crippen LogP contribution in [0.1, 0.15) is 44.0 Å². The van der Waals surface area contributed by atoms with Gasteiger partial charge >= 0.3 is 0 Å². The molecule has 6 nitrogen and oxygen atoms in total. The van der Waals surface area contributed by atoms with Crippen molar-refractivity contribution in [2.24, 2.45) is 4.99 Å². The Kier molecular flexibility index (Phi) is 10.3. The molecule has 1 aromatic heterocycles. The van der Waals surface area contributed by atoms with Gasteiger partial charge in [0, 0.05) is 51.2 Å². The summed E-state index contributed by atoms with van der Waals surface area (Å²) in [5.41, 5.74) is 2.41. The quantitative estimate of drug-likeness (QED) is 0.314. The summed E-state index contributed by atoms with van der Waals surface area (Å²) in [7, 11) is 4.03. The van der Waals surface area contributed by atoms with E-state index in [4.69, 9.17) is 4.99 Å². The number of anilines is 1. The minimum Gasteiger partial charge on any atom is -0.357 e. The third-order valence-electron chi connectivity index (χ3n) is 5.37. The predicted molar refractivity (Wildman–Crippen MR) is 139 cm³/mol. The van der Waals surface area contributed by atoms with Crippen LogP contribution in [-0.2, 0) is 6.54 Å². The van der Waals surface area contributed by atoms with Crippen molar-refractivity contribution in [3.05, 3.63) is 47.0 Å². The Labute approximate surface area is 202 Å². The average molecular weight is 543 g/mol. The number of halogens is 1. The summed E-state index contributed by atoms with van der Waals surface area (Å²) in [5, 5.41) is 10.1. The van der Waals surface area contributed by atoms with Gasteiger partial charge in [-0.3, -0.25) is 4.90 Å². The summed E-state index contributed by atoms with van der Waals surface area (Å²) in [4.78, 5) is 14.0. The molecule has 0 spiro atoms. The second kappa shape index (κ2) is 12.5. The summed E-state index contributed by atoms with van der Waals surface area (Å²) in [5.74, 6) is 0.890. The fourth-order valence-electron chi connectivity index (χ4n) is 3.62. The number of benzene rings is 1. The molecule has 3 rings (SSSR count). The van der Waals surface area contributed by atoms with Gasteiger partial charge in [-0.15, -0.1) is 35.3 Å². The molecular formula is C22H35IN6S. The molecule has 2 N–H and O–H groups in total. The van der Waals surface area contributed by atoms with Crippen molar-refractivity contribution in [1.29, 1.82) is 0 Å². The van der Waals surface area contributed by atoms with Crippen LogP contribution in [0.15, 0.2) is 40.7 Å². The molecule has 0 bridgehead atoms. The number of thiazole rings is 1. The lowest BCUT2D eigenvalue weighted by molar-refractivity contribution is 0.158. The minimum atomic E-state index is 0. The van der Waals surface area contributed by atoms with Crippen LogP contribution >= 0.6 is 35.3 Å². The van der Waals surface area contributed by atoms with Gasteiger partial charge in [-0.05, 0) is 32.3 Å². The number of guanidine groups is 1. The van der Waals surface area contributed by atoms with Gasteiger partial charge in [-0.2, -0.15) is 0 Å². The normalized spacial score (nSPS) is 16.6. The van der Waals surface area contributed by atoms with Gasteiger partial charge in [0.15, 0.2) is 11.1 Å². The number of nitrogens with one attached hydrogen (secondary N) is 2. The van der Waals surface area contributed by atoms with Crippen LogP contribution in [0, 0.1) is 0 Å². The largest absolute Gasteiger partial charge is 0.357 e. The highest BCUT2D eigenvalue weighted by molar-refractivity contribution is 14.0. The first-order chi connectivity index (χ1) is 14.1. The molecule has 0 saturated carbocycles. The van der Waals surface area contributed by atoms with Gasteiger partial charge < -0.3 is 15.5 Å². The van der Waals surface area contributed by atoms with Crippen molar-refractivity contribution >= 4 is 46.4 Å². The molecule has 2 heterocycles. The van der Waals surface area contributed by atoms with Crippen LogP contribution in [0.2, 0.25) is 0 Å². The van der Waals surface area contributed by atoms with E-state index in [0.717, 1.165) is 49.3 Å². The Morgan fingerprint density at radius 1 is 1.27 bits per heavy atom. The number of piperidine rings is 1. The number of hydrogen-bond acceptors (Lipinski definition) is 5. The van der Waals surface area contributed by atoms with Gasteiger partial charge in [-0.25, -0.2) is 9.98 Å². The lowest BCUT2D eigenvalue weighted by Gasteiger charge is -2.37. The molecule has 0 amide bonds. The summed E-state index contributed by atoms with van der Waals surface area (Å²) in [6, 6.07) is 11.7. The number of nitrogens with zero attached hydrogens (tertiary/aromatic N) is 4. The summed E-state index contributed by atoms with van der Waals surface area (Å²) < 4.78 is 0. The Morgan fingerprint density at radius 2 is 1.97 bits per heavy atom. The molecule has 1 aliphatic heterocycles. The van der Waals surface area contributed by atoms with E-state index < -0.39 is 0 Å². The van der Waals surface area contributed by atoms with Crippen molar-refractivity contribution < 1.29 is 0 Å². The zero-order valence-electron chi connectivity index (χ0n) is 18.5. The van der Waals surface area contributed by atoms with E-state index in [-0.39, 0.29) is 24.0 Å². The van der Waals surface area contributed by atoms with Gasteiger partial charge in [0.1, 0.15) is 0 Å². The van der Waals surface area contributed by atoms with Crippen LogP contribution in [-0.4, -0.2) is 55.6 Å². The zero-order chi connectivity index (χ0) is 20.6. The van der Waals surface area contributed by atoms with Crippen LogP contribution in [0.4, 0.5) is 5.13 Å². The van der Waals surface area contributed by atoms with Crippen molar-refractivity contribution in [2.45, 2.75) is 45.3 Å². The fraction of sp³-hybridized carbons (Fsp3) is 0.545. The Morgan fingerprint density at radius 3 is 2.57 bits per heavy atom. The molecule has 1 aromatic carbocycles. The van der Waals surface area contributed by atoms with E-state index in [9.17, 15) is 0 Å². The Balaban J connectivity index is 0.00000320. The topological polar surface area (TPSA) is 55.8 Å². The van der Waals surface area contributed by atoms with E-state index in [2.05, 4.69) is 70.1 Å². The maximum absolute atomic E-state index is 4.76. The van der Waals surface area contributed by atoms with Crippen LogP contribution in [0.3, 0.4) is 0 Å². The number of likely N-dealkylation sites (tertiary alicyclic amines) is 1. The molecule has 2 aromatic rings. The molecular weight excluding hydrogens is 507 g/mol. The van der Waals surface area contributed by atoms with E-state index in [1.54, 1.807) is 11.3 Å². The van der Waals surface area contributed by atoms with Gasteiger partial charge in [0.2, 0.25) is 0 Å². The molecule has 1 aliphatic rings. The van der Waals surface area contributed by atoms with E-state index >= 15 is 0 Å². The lowest BCUT2D eigenvalue weighted by atomic mass is 10.0. The maximum Gasteiger partial charge on any atom is 0.191 e. The van der Waals surface area contributed by atoms with Crippen LogP contribution in [0.25, 0.3) is 0 Å². The molecule has 0 aliphatic carbocycles. The first kappa shape index (κ1) is 24.9. The predicted octanol–water partition coefficient (Wildman–Crippen LogP) is 4.11. The highest BCUT2D eigenvalue weighted by atomic mass is 127.